The molecular weight excluding hydrogens is 220 g/mol. The van der Waals surface area contributed by atoms with Crippen molar-refractivity contribution < 1.29 is 0 Å². The number of allylic oxidation sites excluding steroid dienone is 1. The molecule has 2 heteroatoms. The zero-order valence-corrected chi connectivity index (χ0v) is 10.5. The lowest BCUT2D eigenvalue weighted by atomic mass is 9.90. The molecule has 1 aliphatic rings. The molecule has 3 rings (SSSR count). The first-order chi connectivity index (χ1) is 8.86. The quantitative estimate of drug-likeness (QED) is 0.861. The highest BCUT2D eigenvalue weighted by atomic mass is 14.8. The van der Waals surface area contributed by atoms with Gasteiger partial charge in [-0.2, -0.15) is 0 Å². The fourth-order valence-corrected chi connectivity index (χ4v) is 2.40. The molecule has 2 aromatic rings. The maximum atomic E-state index is 4.48. The van der Waals surface area contributed by atoms with Gasteiger partial charge in [-0.25, -0.2) is 0 Å². The molecule has 2 nitrogen and oxygen atoms in total. The van der Waals surface area contributed by atoms with Gasteiger partial charge in [-0.05, 0) is 47.8 Å². The van der Waals surface area contributed by atoms with Crippen LogP contribution in [0.25, 0.3) is 11.6 Å². The monoisotopic (exact) mass is 236 g/mol. The third-order valence-corrected chi connectivity index (χ3v) is 3.43. The van der Waals surface area contributed by atoms with Crippen molar-refractivity contribution in [2.45, 2.75) is 12.8 Å². The van der Waals surface area contributed by atoms with Crippen LogP contribution in [0.4, 0.5) is 5.69 Å². The van der Waals surface area contributed by atoms with Crippen molar-refractivity contribution in [2.24, 2.45) is 0 Å². The summed E-state index contributed by atoms with van der Waals surface area (Å²) in [5.41, 5.74) is 6.28. The Balaban J connectivity index is 2.01. The Hall–Kier alpha value is -2.09. The summed E-state index contributed by atoms with van der Waals surface area (Å²) in [5.74, 6) is 0. The molecule has 0 radical (unpaired) electrons. The number of pyridine rings is 1. The highest BCUT2D eigenvalue weighted by Gasteiger charge is 2.12. The van der Waals surface area contributed by atoms with E-state index in [4.69, 9.17) is 0 Å². The van der Waals surface area contributed by atoms with E-state index in [0.29, 0.717) is 0 Å². The Bertz CT molecular complexity index is 600. The number of nitrogens with zero attached hydrogens (tertiary/aromatic N) is 1. The van der Waals surface area contributed by atoms with Gasteiger partial charge in [0.25, 0.3) is 0 Å². The van der Waals surface area contributed by atoms with E-state index < -0.39 is 0 Å². The number of hydrogen-bond acceptors (Lipinski definition) is 2. The number of fused-ring (bicyclic) bond motifs is 1. The van der Waals surface area contributed by atoms with Gasteiger partial charge in [0.2, 0.25) is 0 Å². The van der Waals surface area contributed by atoms with Crippen molar-refractivity contribution in [1.82, 2.24) is 4.98 Å². The fraction of sp³-hybridized carbons (Fsp3) is 0.188. The van der Waals surface area contributed by atoms with Crippen LogP contribution in [-0.4, -0.2) is 12.0 Å². The van der Waals surface area contributed by atoms with Crippen LogP contribution < -0.4 is 5.32 Å². The molecule has 90 valence electrons. The molecule has 0 atom stereocenters. The van der Waals surface area contributed by atoms with Gasteiger partial charge in [0, 0.05) is 18.9 Å². The van der Waals surface area contributed by atoms with Gasteiger partial charge in [-0.15, -0.1) is 0 Å². The van der Waals surface area contributed by atoms with E-state index in [1.54, 1.807) is 0 Å². The van der Waals surface area contributed by atoms with Crippen LogP contribution >= 0.6 is 0 Å². The molecule has 0 aliphatic heterocycles. The number of aromatic nitrogens is 1. The summed E-state index contributed by atoms with van der Waals surface area (Å²) < 4.78 is 0. The summed E-state index contributed by atoms with van der Waals surface area (Å²) in [6.45, 7) is 0. The zero-order valence-electron chi connectivity index (χ0n) is 10.5. The third-order valence-electron chi connectivity index (χ3n) is 3.43. The molecule has 18 heavy (non-hydrogen) atoms. The van der Waals surface area contributed by atoms with E-state index in [1.165, 1.54) is 16.7 Å². The average Bonchev–Trinajstić information content (AvgIpc) is 2.47. The highest BCUT2D eigenvalue weighted by molar-refractivity contribution is 5.83. The van der Waals surface area contributed by atoms with Crippen LogP contribution in [0.1, 0.15) is 23.2 Å². The maximum Gasteiger partial charge on any atom is 0.0682 e. The van der Waals surface area contributed by atoms with Crippen LogP contribution in [0.3, 0.4) is 0 Å². The Morgan fingerprint density at radius 1 is 1.11 bits per heavy atom. The first-order valence-corrected chi connectivity index (χ1v) is 6.29. The largest absolute Gasteiger partial charge is 0.388 e. The molecular formula is C16H16N2. The highest BCUT2D eigenvalue weighted by Crippen LogP contribution is 2.29. The van der Waals surface area contributed by atoms with E-state index >= 15 is 0 Å². The van der Waals surface area contributed by atoms with Gasteiger partial charge in [-0.3, -0.25) is 4.98 Å². The lowest BCUT2D eigenvalue weighted by Crippen LogP contribution is -2.00. The van der Waals surface area contributed by atoms with Gasteiger partial charge >= 0.3 is 0 Å². The molecule has 0 fully saturated rings. The third kappa shape index (κ3) is 2.02. The van der Waals surface area contributed by atoms with Gasteiger partial charge in [0.05, 0.1) is 5.69 Å². The van der Waals surface area contributed by atoms with Crippen molar-refractivity contribution in [3.63, 3.8) is 0 Å². The summed E-state index contributed by atoms with van der Waals surface area (Å²) in [5, 5.41) is 3.16. The Morgan fingerprint density at radius 3 is 2.89 bits per heavy atom. The van der Waals surface area contributed by atoms with E-state index in [0.717, 1.165) is 24.2 Å². The van der Waals surface area contributed by atoms with Crippen LogP contribution in [0, 0.1) is 0 Å². The lowest BCUT2D eigenvalue weighted by Gasteiger charge is -2.16. The Morgan fingerprint density at radius 2 is 2.00 bits per heavy atom. The Labute approximate surface area is 107 Å². The summed E-state index contributed by atoms with van der Waals surface area (Å²) in [4.78, 5) is 4.48. The van der Waals surface area contributed by atoms with E-state index in [9.17, 15) is 0 Å². The Kier molecular flexibility index (Phi) is 2.85. The SMILES string of the molecule is CNc1ccnc(C2=Cc3ccccc3CC2)c1. The molecule has 0 unspecified atom stereocenters. The van der Waals surface area contributed by atoms with E-state index in [2.05, 4.69) is 46.7 Å². The van der Waals surface area contributed by atoms with Crippen molar-refractivity contribution in [2.75, 3.05) is 12.4 Å². The topological polar surface area (TPSA) is 24.9 Å². The molecule has 0 spiro atoms. The first-order valence-electron chi connectivity index (χ1n) is 6.29. The van der Waals surface area contributed by atoms with Crippen molar-refractivity contribution in [3.8, 4) is 0 Å². The summed E-state index contributed by atoms with van der Waals surface area (Å²) in [6, 6.07) is 12.7. The molecule has 0 saturated heterocycles. The fourth-order valence-electron chi connectivity index (χ4n) is 2.40. The molecule has 0 bridgehead atoms. The summed E-state index contributed by atoms with van der Waals surface area (Å²) >= 11 is 0. The van der Waals surface area contributed by atoms with Gasteiger partial charge < -0.3 is 5.32 Å². The standard InChI is InChI=1S/C16H16N2/c1-17-15-8-9-18-16(11-15)14-7-6-12-4-2-3-5-13(12)10-14/h2-5,8-11H,6-7H2,1H3,(H,17,18). The lowest BCUT2D eigenvalue weighted by molar-refractivity contribution is 0.991. The number of benzene rings is 1. The first kappa shape index (κ1) is 11.0. The molecule has 1 aromatic heterocycles. The van der Waals surface area contributed by atoms with Crippen molar-refractivity contribution >= 4 is 17.3 Å². The molecule has 1 N–H and O–H groups in total. The molecule has 1 aliphatic carbocycles. The minimum atomic E-state index is 1.07. The normalized spacial score (nSPS) is 13.7. The van der Waals surface area contributed by atoms with Gasteiger partial charge in [0.15, 0.2) is 0 Å². The number of nitrogens with one attached hydrogen (secondary N) is 1. The van der Waals surface area contributed by atoms with Crippen molar-refractivity contribution in [1.29, 1.82) is 0 Å². The predicted molar refractivity (Wildman–Crippen MR) is 76.4 cm³/mol. The number of aryl methyl sites for hydroxylation is 1. The molecule has 0 amide bonds. The second kappa shape index (κ2) is 4.65. The molecule has 1 aromatic carbocycles. The average molecular weight is 236 g/mol. The molecule has 1 heterocycles. The number of rotatable bonds is 2. The second-order valence-electron chi connectivity index (χ2n) is 4.55. The maximum absolute atomic E-state index is 4.48. The van der Waals surface area contributed by atoms with Gasteiger partial charge in [0.1, 0.15) is 0 Å². The molecule has 0 saturated carbocycles. The van der Waals surface area contributed by atoms with Crippen LogP contribution in [0.2, 0.25) is 0 Å². The van der Waals surface area contributed by atoms with Crippen LogP contribution in [0.15, 0.2) is 42.6 Å². The number of hydrogen-bond donors (Lipinski definition) is 1. The number of anilines is 1. The minimum absolute atomic E-state index is 1.07. The minimum Gasteiger partial charge on any atom is -0.388 e. The van der Waals surface area contributed by atoms with Crippen LogP contribution in [0.5, 0.6) is 0 Å². The van der Waals surface area contributed by atoms with E-state index in [-0.39, 0.29) is 0 Å². The zero-order chi connectivity index (χ0) is 12.4. The van der Waals surface area contributed by atoms with E-state index in [1.807, 2.05) is 19.3 Å². The summed E-state index contributed by atoms with van der Waals surface area (Å²) in [7, 11) is 1.93. The summed E-state index contributed by atoms with van der Waals surface area (Å²) in [6.07, 6.45) is 6.30. The van der Waals surface area contributed by atoms with Crippen LogP contribution in [-0.2, 0) is 6.42 Å². The predicted octanol–water partition coefficient (Wildman–Crippen LogP) is 3.61. The smallest absolute Gasteiger partial charge is 0.0682 e. The van der Waals surface area contributed by atoms with Crippen molar-refractivity contribution in [3.05, 3.63) is 59.4 Å². The second-order valence-corrected chi connectivity index (χ2v) is 4.55. The van der Waals surface area contributed by atoms with Gasteiger partial charge in [-0.1, -0.05) is 24.3 Å².